The number of aromatic nitrogens is 1. The number of benzene rings is 1. The number of nitrogens with zero attached hydrogens (tertiary/aromatic N) is 1. The molecular formula is C14H20N2S. The summed E-state index contributed by atoms with van der Waals surface area (Å²) in [7, 11) is 0. The zero-order valence-electron chi connectivity index (χ0n) is 10.9. The second-order valence-corrected chi connectivity index (χ2v) is 6.00. The molecule has 2 nitrogen and oxygen atoms in total. The fourth-order valence-corrected chi connectivity index (χ4v) is 2.71. The Bertz CT molecular complexity index is 457. The maximum Gasteiger partial charge on any atom is 0.111 e. The Balaban J connectivity index is 2.16. The van der Waals surface area contributed by atoms with Gasteiger partial charge < -0.3 is 5.32 Å². The van der Waals surface area contributed by atoms with Gasteiger partial charge in [0.25, 0.3) is 0 Å². The van der Waals surface area contributed by atoms with Crippen molar-refractivity contribution in [3.63, 3.8) is 0 Å². The molecule has 2 aromatic rings. The van der Waals surface area contributed by atoms with Gasteiger partial charge in [0.05, 0.1) is 16.3 Å². The molecule has 1 N–H and O–H groups in total. The monoisotopic (exact) mass is 248 g/mol. The maximum atomic E-state index is 4.68. The van der Waals surface area contributed by atoms with Crippen LogP contribution in [0.2, 0.25) is 0 Å². The summed E-state index contributed by atoms with van der Waals surface area (Å²) in [4.78, 5) is 4.68. The SMILES string of the molecule is CC(NC(C)C(C)C)c1nc2ccccc2s1. The van der Waals surface area contributed by atoms with Crippen molar-refractivity contribution < 1.29 is 0 Å². The summed E-state index contributed by atoms with van der Waals surface area (Å²) < 4.78 is 1.27. The molecule has 0 aliphatic heterocycles. The summed E-state index contributed by atoms with van der Waals surface area (Å²) in [5, 5.41) is 4.78. The number of nitrogens with one attached hydrogen (secondary N) is 1. The van der Waals surface area contributed by atoms with Crippen molar-refractivity contribution in [1.82, 2.24) is 10.3 Å². The number of hydrogen-bond donors (Lipinski definition) is 1. The highest BCUT2D eigenvalue weighted by Crippen LogP contribution is 2.26. The Morgan fingerprint density at radius 3 is 2.47 bits per heavy atom. The van der Waals surface area contributed by atoms with Crippen LogP contribution in [0, 0.1) is 5.92 Å². The molecular weight excluding hydrogens is 228 g/mol. The molecule has 0 spiro atoms. The van der Waals surface area contributed by atoms with Gasteiger partial charge in [0.15, 0.2) is 0 Å². The lowest BCUT2D eigenvalue weighted by Crippen LogP contribution is -2.32. The van der Waals surface area contributed by atoms with Crippen LogP contribution >= 0.6 is 11.3 Å². The van der Waals surface area contributed by atoms with Crippen molar-refractivity contribution in [1.29, 1.82) is 0 Å². The van der Waals surface area contributed by atoms with Crippen LogP contribution in [-0.2, 0) is 0 Å². The van der Waals surface area contributed by atoms with Crippen LogP contribution < -0.4 is 5.32 Å². The van der Waals surface area contributed by atoms with E-state index in [1.54, 1.807) is 11.3 Å². The minimum atomic E-state index is 0.324. The smallest absolute Gasteiger partial charge is 0.111 e. The Morgan fingerprint density at radius 1 is 1.12 bits per heavy atom. The van der Waals surface area contributed by atoms with E-state index >= 15 is 0 Å². The normalized spacial score (nSPS) is 15.4. The van der Waals surface area contributed by atoms with E-state index in [2.05, 4.69) is 56.2 Å². The van der Waals surface area contributed by atoms with Crippen molar-refractivity contribution in [2.24, 2.45) is 5.92 Å². The van der Waals surface area contributed by atoms with Gasteiger partial charge in [0, 0.05) is 6.04 Å². The van der Waals surface area contributed by atoms with Crippen molar-refractivity contribution in [3.05, 3.63) is 29.3 Å². The Hall–Kier alpha value is -0.930. The van der Waals surface area contributed by atoms with E-state index in [0.717, 1.165) is 5.52 Å². The molecule has 2 atom stereocenters. The zero-order chi connectivity index (χ0) is 12.4. The summed E-state index contributed by atoms with van der Waals surface area (Å²) in [6.45, 7) is 8.90. The average molecular weight is 248 g/mol. The Labute approximate surface area is 107 Å². The van der Waals surface area contributed by atoms with Gasteiger partial charge in [-0.05, 0) is 31.9 Å². The molecule has 3 heteroatoms. The molecule has 2 rings (SSSR count). The standard InChI is InChI=1S/C14H20N2S/c1-9(2)10(3)15-11(4)14-16-12-7-5-6-8-13(12)17-14/h5-11,15H,1-4H3. The molecule has 0 aliphatic rings. The van der Waals surface area contributed by atoms with E-state index in [1.165, 1.54) is 9.71 Å². The first kappa shape index (κ1) is 12.5. The van der Waals surface area contributed by atoms with Crippen LogP contribution in [0.3, 0.4) is 0 Å². The topological polar surface area (TPSA) is 24.9 Å². The first-order valence-corrected chi connectivity index (χ1v) is 7.01. The molecule has 0 aliphatic carbocycles. The predicted molar refractivity (Wildman–Crippen MR) is 75.5 cm³/mol. The minimum absolute atomic E-state index is 0.324. The minimum Gasteiger partial charge on any atom is -0.305 e. The van der Waals surface area contributed by atoms with Crippen molar-refractivity contribution in [2.75, 3.05) is 0 Å². The highest BCUT2D eigenvalue weighted by Gasteiger charge is 2.15. The number of fused-ring (bicyclic) bond motifs is 1. The molecule has 0 radical (unpaired) electrons. The molecule has 1 aromatic carbocycles. The van der Waals surface area contributed by atoms with Crippen LogP contribution in [0.25, 0.3) is 10.2 Å². The van der Waals surface area contributed by atoms with Gasteiger partial charge in [-0.25, -0.2) is 4.98 Å². The lowest BCUT2D eigenvalue weighted by molar-refractivity contribution is 0.388. The van der Waals surface area contributed by atoms with Gasteiger partial charge in [-0.15, -0.1) is 11.3 Å². The molecule has 17 heavy (non-hydrogen) atoms. The largest absolute Gasteiger partial charge is 0.305 e. The third kappa shape index (κ3) is 2.85. The van der Waals surface area contributed by atoms with Gasteiger partial charge in [0.2, 0.25) is 0 Å². The fourth-order valence-electron chi connectivity index (χ4n) is 1.73. The summed E-state index contributed by atoms with van der Waals surface area (Å²) in [5.41, 5.74) is 1.11. The molecule has 0 saturated carbocycles. The molecule has 0 fully saturated rings. The first-order valence-electron chi connectivity index (χ1n) is 6.19. The highest BCUT2D eigenvalue weighted by atomic mass is 32.1. The van der Waals surface area contributed by atoms with E-state index < -0.39 is 0 Å². The summed E-state index contributed by atoms with van der Waals surface area (Å²) in [6.07, 6.45) is 0. The van der Waals surface area contributed by atoms with Gasteiger partial charge in [0.1, 0.15) is 5.01 Å². The van der Waals surface area contributed by atoms with E-state index in [0.29, 0.717) is 18.0 Å². The van der Waals surface area contributed by atoms with Crippen LogP contribution in [0.4, 0.5) is 0 Å². The second kappa shape index (κ2) is 5.15. The first-order chi connectivity index (χ1) is 8.08. The summed E-state index contributed by atoms with van der Waals surface area (Å²) in [6, 6.07) is 9.16. The average Bonchev–Trinajstić information content (AvgIpc) is 2.72. The number of hydrogen-bond acceptors (Lipinski definition) is 3. The zero-order valence-corrected chi connectivity index (χ0v) is 11.7. The van der Waals surface area contributed by atoms with Crippen molar-refractivity contribution in [3.8, 4) is 0 Å². The third-order valence-electron chi connectivity index (χ3n) is 3.19. The summed E-state index contributed by atoms with van der Waals surface area (Å²) in [5.74, 6) is 0.645. The van der Waals surface area contributed by atoms with Crippen LogP contribution in [-0.4, -0.2) is 11.0 Å². The summed E-state index contributed by atoms with van der Waals surface area (Å²) >= 11 is 1.79. The maximum absolute atomic E-state index is 4.68. The number of thiazole rings is 1. The molecule has 92 valence electrons. The molecule has 2 unspecified atom stereocenters. The predicted octanol–water partition coefficient (Wildman–Crippen LogP) is 3.99. The van der Waals surface area contributed by atoms with Gasteiger partial charge in [-0.1, -0.05) is 26.0 Å². The van der Waals surface area contributed by atoms with Crippen LogP contribution in [0.5, 0.6) is 0 Å². The van der Waals surface area contributed by atoms with E-state index in [4.69, 9.17) is 0 Å². The van der Waals surface area contributed by atoms with E-state index in [1.807, 2.05) is 6.07 Å². The van der Waals surface area contributed by atoms with Gasteiger partial charge in [-0.3, -0.25) is 0 Å². The van der Waals surface area contributed by atoms with E-state index in [-0.39, 0.29) is 0 Å². The molecule has 1 heterocycles. The molecule has 1 aromatic heterocycles. The molecule has 0 saturated heterocycles. The lowest BCUT2D eigenvalue weighted by Gasteiger charge is -2.21. The fraction of sp³-hybridized carbons (Fsp3) is 0.500. The van der Waals surface area contributed by atoms with E-state index in [9.17, 15) is 0 Å². The highest BCUT2D eigenvalue weighted by molar-refractivity contribution is 7.18. The van der Waals surface area contributed by atoms with Crippen molar-refractivity contribution >= 4 is 21.6 Å². The molecule has 0 amide bonds. The quantitative estimate of drug-likeness (QED) is 0.885. The van der Waals surface area contributed by atoms with Crippen molar-refractivity contribution in [2.45, 2.75) is 39.8 Å². The Kier molecular flexibility index (Phi) is 3.79. The second-order valence-electron chi connectivity index (χ2n) is 4.94. The van der Waals surface area contributed by atoms with Gasteiger partial charge >= 0.3 is 0 Å². The van der Waals surface area contributed by atoms with Gasteiger partial charge in [-0.2, -0.15) is 0 Å². The molecule has 0 bridgehead atoms. The number of para-hydroxylation sites is 1. The third-order valence-corrected chi connectivity index (χ3v) is 4.41. The van der Waals surface area contributed by atoms with Crippen LogP contribution in [0.1, 0.15) is 38.7 Å². The van der Waals surface area contributed by atoms with Crippen LogP contribution in [0.15, 0.2) is 24.3 Å². The Morgan fingerprint density at radius 2 is 1.82 bits per heavy atom. The number of rotatable bonds is 4. The lowest BCUT2D eigenvalue weighted by atomic mass is 10.1.